The third-order valence-corrected chi connectivity index (χ3v) is 5.88. The van der Waals surface area contributed by atoms with E-state index in [2.05, 4.69) is 33.4 Å². The summed E-state index contributed by atoms with van der Waals surface area (Å²) in [5.41, 5.74) is 4.81. The first kappa shape index (κ1) is 13.5. The van der Waals surface area contributed by atoms with Gasteiger partial charge in [-0.15, -0.1) is 11.3 Å². The third-order valence-electron chi connectivity index (χ3n) is 5.09. The van der Waals surface area contributed by atoms with Crippen LogP contribution >= 0.6 is 11.3 Å². The van der Waals surface area contributed by atoms with Crippen molar-refractivity contribution >= 4 is 27.2 Å². The second kappa shape index (κ2) is 5.58. The predicted octanol–water partition coefficient (Wildman–Crippen LogP) is 3.80. The van der Waals surface area contributed by atoms with Crippen LogP contribution in [0.4, 0.5) is 5.69 Å². The molecule has 1 saturated heterocycles. The summed E-state index contributed by atoms with van der Waals surface area (Å²) in [4.78, 5) is 7.00. The molecule has 0 atom stereocenters. The van der Waals surface area contributed by atoms with Crippen molar-refractivity contribution in [3.8, 4) is 0 Å². The zero-order valence-corrected chi connectivity index (χ0v) is 13.3. The molecule has 1 aromatic carbocycles. The van der Waals surface area contributed by atoms with Gasteiger partial charge in [0, 0.05) is 24.3 Å². The Kier molecular flexibility index (Phi) is 3.59. The van der Waals surface area contributed by atoms with Crippen LogP contribution in [0.25, 0.3) is 10.2 Å². The largest absolute Gasteiger partial charge is 0.370 e. The summed E-state index contributed by atoms with van der Waals surface area (Å²) >= 11 is 1.74. The molecule has 112 valence electrons. The Morgan fingerprint density at radius 1 is 1.14 bits per heavy atom. The molecule has 2 aromatic rings. The second-order valence-electron chi connectivity index (χ2n) is 6.55. The van der Waals surface area contributed by atoms with Gasteiger partial charge in [0.15, 0.2) is 0 Å². The molecule has 4 heteroatoms. The fourth-order valence-corrected chi connectivity index (χ4v) is 4.66. The first-order chi connectivity index (χ1) is 10.3. The molecule has 1 aromatic heterocycles. The summed E-state index contributed by atoms with van der Waals surface area (Å²) < 4.78 is 1.31. The molecule has 1 saturated carbocycles. The molecular formula is C17H23N3S. The van der Waals surface area contributed by atoms with Gasteiger partial charge in [0.1, 0.15) is 0 Å². The number of hydrogen-bond donors (Lipinski definition) is 1. The van der Waals surface area contributed by atoms with Crippen molar-refractivity contribution in [1.82, 2.24) is 10.3 Å². The molecule has 0 unspecified atom stereocenters. The van der Waals surface area contributed by atoms with Crippen LogP contribution in [0.2, 0.25) is 0 Å². The highest BCUT2D eigenvalue weighted by atomic mass is 32.1. The van der Waals surface area contributed by atoms with Gasteiger partial charge in [-0.1, -0.05) is 19.3 Å². The van der Waals surface area contributed by atoms with Crippen molar-refractivity contribution in [3.63, 3.8) is 0 Å². The van der Waals surface area contributed by atoms with E-state index in [-0.39, 0.29) is 0 Å². The Labute approximate surface area is 130 Å². The molecule has 1 spiro atoms. The lowest BCUT2D eigenvalue weighted by Crippen LogP contribution is -2.52. The number of nitrogens with zero attached hydrogens (tertiary/aromatic N) is 2. The number of thiazole rings is 1. The maximum absolute atomic E-state index is 4.39. The summed E-state index contributed by atoms with van der Waals surface area (Å²) in [5, 5.41) is 3.88. The van der Waals surface area contributed by atoms with Gasteiger partial charge < -0.3 is 10.2 Å². The predicted molar refractivity (Wildman–Crippen MR) is 90.3 cm³/mol. The van der Waals surface area contributed by atoms with Crippen molar-refractivity contribution in [3.05, 3.63) is 23.7 Å². The van der Waals surface area contributed by atoms with Crippen LogP contribution in [-0.4, -0.2) is 30.2 Å². The van der Waals surface area contributed by atoms with Crippen molar-refractivity contribution in [2.75, 3.05) is 24.5 Å². The average molecular weight is 301 g/mol. The monoisotopic (exact) mass is 301 g/mol. The molecule has 1 aliphatic heterocycles. The minimum absolute atomic E-state index is 0.359. The normalized spacial score (nSPS) is 22.6. The molecule has 21 heavy (non-hydrogen) atoms. The van der Waals surface area contributed by atoms with Gasteiger partial charge in [-0.05, 0) is 44.0 Å². The Morgan fingerprint density at radius 3 is 2.95 bits per heavy atom. The van der Waals surface area contributed by atoms with E-state index in [4.69, 9.17) is 0 Å². The number of rotatable bonds is 1. The fraction of sp³-hybridized carbons (Fsp3) is 0.588. The van der Waals surface area contributed by atoms with Gasteiger partial charge >= 0.3 is 0 Å². The molecule has 3 nitrogen and oxygen atoms in total. The minimum Gasteiger partial charge on any atom is -0.370 e. The number of benzene rings is 1. The van der Waals surface area contributed by atoms with E-state index in [9.17, 15) is 0 Å². The molecule has 2 fully saturated rings. The van der Waals surface area contributed by atoms with E-state index < -0.39 is 0 Å². The van der Waals surface area contributed by atoms with E-state index in [0.717, 1.165) is 12.1 Å². The quantitative estimate of drug-likeness (QED) is 0.868. The number of aromatic nitrogens is 1. The SMILES string of the molecule is c1nc2ccc(N3CCCNC4(CCCCC4)C3)cc2s1. The number of anilines is 1. The topological polar surface area (TPSA) is 28.2 Å². The Hall–Kier alpha value is -1.13. The molecule has 0 bridgehead atoms. The highest BCUT2D eigenvalue weighted by Gasteiger charge is 2.34. The minimum atomic E-state index is 0.359. The third kappa shape index (κ3) is 2.67. The highest BCUT2D eigenvalue weighted by Crippen LogP contribution is 2.33. The molecule has 4 rings (SSSR count). The van der Waals surface area contributed by atoms with Crippen molar-refractivity contribution in [2.45, 2.75) is 44.1 Å². The summed E-state index contributed by atoms with van der Waals surface area (Å²) in [6.07, 6.45) is 8.10. The summed E-state index contributed by atoms with van der Waals surface area (Å²) in [6.45, 7) is 3.50. The molecule has 2 aliphatic rings. The lowest BCUT2D eigenvalue weighted by molar-refractivity contribution is 0.246. The summed E-state index contributed by atoms with van der Waals surface area (Å²) in [5.74, 6) is 0. The zero-order chi connectivity index (χ0) is 14.1. The smallest absolute Gasteiger partial charge is 0.0813 e. The van der Waals surface area contributed by atoms with Gasteiger partial charge in [-0.3, -0.25) is 0 Å². The van der Waals surface area contributed by atoms with E-state index in [1.165, 1.54) is 62.0 Å². The number of nitrogens with one attached hydrogen (secondary N) is 1. The van der Waals surface area contributed by atoms with Gasteiger partial charge in [0.2, 0.25) is 0 Å². The maximum Gasteiger partial charge on any atom is 0.0813 e. The average Bonchev–Trinajstić information content (AvgIpc) is 2.90. The zero-order valence-electron chi connectivity index (χ0n) is 12.5. The maximum atomic E-state index is 4.39. The Balaban J connectivity index is 1.62. The standard InChI is InChI=1S/C17H23N3S/c1-2-7-17(8-3-1)12-20(10-4-9-19-17)14-5-6-15-16(11-14)21-13-18-15/h5-6,11,13,19H,1-4,7-10,12H2. The first-order valence-electron chi connectivity index (χ1n) is 8.18. The van der Waals surface area contributed by atoms with Gasteiger partial charge in [-0.2, -0.15) is 0 Å². The summed E-state index contributed by atoms with van der Waals surface area (Å²) in [6, 6.07) is 6.76. The molecular weight excluding hydrogens is 278 g/mol. The van der Waals surface area contributed by atoms with Crippen molar-refractivity contribution in [2.24, 2.45) is 0 Å². The lowest BCUT2D eigenvalue weighted by atomic mass is 9.81. The van der Waals surface area contributed by atoms with Crippen molar-refractivity contribution < 1.29 is 0 Å². The Morgan fingerprint density at radius 2 is 2.05 bits per heavy atom. The van der Waals surface area contributed by atoms with E-state index in [0.29, 0.717) is 5.54 Å². The van der Waals surface area contributed by atoms with Crippen molar-refractivity contribution in [1.29, 1.82) is 0 Å². The van der Waals surface area contributed by atoms with Crippen LogP contribution in [0.1, 0.15) is 38.5 Å². The molecule has 0 radical (unpaired) electrons. The van der Waals surface area contributed by atoms with Crippen LogP contribution in [0.5, 0.6) is 0 Å². The number of hydrogen-bond acceptors (Lipinski definition) is 4. The molecule has 0 amide bonds. The molecule has 1 N–H and O–H groups in total. The summed E-state index contributed by atoms with van der Waals surface area (Å²) in [7, 11) is 0. The molecule has 2 heterocycles. The van der Waals surface area contributed by atoms with Crippen LogP contribution in [0.15, 0.2) is 23.7 Å². The lowest BCUT2D eigenvalue weighted by Gasteiger charge is -2.40. The van der Waals surface area contributed by atoms with Crippen LogP contribution < -0.4 is 10.2 Å². The highest BCUT2D eigenvalue weighted by molar-refractivity contribution is 7.16. The molecule has 1 aliphatic carbocycles. The number of fused-ring (bicyclic) bond motifs is 1. The van der Waals surface area contributed by atoms with E-state index in [1.807, 2.05) is 5.51 Å². The van der Waals surface area contributed by atoms with E-state index in [1.54, 1.807) is 11.3 Å². The van der Waals surface area contributed by atoms with Crippen LogP contribution in [0, 0.1) is 0 Å². The first-order valence-corrected chi connectivity index (χ1v) is 9.06. The van der Waals surface area contributed by atoms with Crippen LogP contribution in [-0.2, 0) is 0 Å². The van der Waals surface area contributed by atoms with Crippen LogP contribution in [0.3, 0.4) is 0 Å². The van der Waals surface area contributed by atoms with E-state index >= 15 is 0 Å². The Bertz CT molecular complexity index is 615. The second-order valence-corrected chi connectivity index (χ2v) is 7.43. The van der Waals surface area contributed by atoms with Gasteiger partial charge in [-0.25, -0.2) is 4.98 Å². The van der Waals surface area contributed by atoms with Gasteiger partial charge in [0.05, 0.1) is 15.7 Å². The fourth-order valence-electron chi connectivity index (χ4n) is 3.95. The van der Waals surface area contributed by atoms with Gasteiger partial charge in [0.25, 0.3) is 0 Å².